The average molecular weight is 358 g/mol. The Balaban J connectivity index is 0. The van der Waals surface area contributed by atoms with Crippen LogP contribution in [0.2, 0.25) is 0 Å². The number of alkyl carbamates (subject to hydrolysis) is 1. The number of amides is 1. The van der Waals surface area contributed by atoms with Gasteiger partial charge in [0, 0.05) is 27.2 Å². The van der Waals surface area contributed by atoms with Gasteiger partial charge in [0.05, 0.1) is 0 Å². The molecule has 102 valence electrons. The van der Waals surface area contributed by atoms with Gasteiger partial charge in [-0.15, -0.1) is 24.0 Å². The molecule has 0 unspecified atom stereocenters. The van der Waals surface area contributed by atoms with E-state index in [1.54, 1.807) is 14.1 Å². The third-order valence-electron chi connectivity index (χ3n) is 1.55. The molecule has 0 aromatic rings. The van der Waals surface area contributed by atoms with Crippen molar-refractivity contribution in [3.63, 3.8) is 0 Å². The summed E-state index contributed by atoms with van der Waals surface area (Å²) in [5.41, 5.74) is -0.460. The van der Waals surface area contributed by atoms with E-state index in [1.807, 2.05) is 20.8 Å². The minimum atomic E-state index is -0.460. The average Bonchev–Trinajstić information content (AvgIpc) is 2.15. The van der Waals surface area contributed by atoms with Crippen molar-refractivity contribution in [2.24, 2.45) is 4.99 Å². The molecule has 0 saturated carbocycles. The van der Waals surface area contributed by atoms with Crippen LogP contribution in [0.5, 0.6) is 0 Å². The van der Waals surface area contributed by atoms with Crippen molar-refractivity contribution in [3.8, 4) is 0 Å². The second kappa shape index (κ2) is 9.32. The van der Waals surface area contributed by atoms with E-state index in [4.69, 9.17) is 4.74 Å². The van der Waals surface area contributed by atoms with E-state index in [0.29, 0.717) is 19.0 Å². The van der Waals surface area contributed by atoms with Crippen molar-refractivity contribution in [2.45, 2.75) is 26.4 Å². The minimum absolute atomic E-state index is 0. The Hall–Kier alpha value is -0.730. The number of carbonyl (C=O) groups is 1. The van der Waals surface area contributed by atoms with Crippen molar-refractivity contribution in [2.75, 3.05) is 27.2 Å². The van der Waals surface area contributed by atoms with Crippen LogP contribution in [0.3, 0.4) is 0 Å². The highest BCUT2D eigenvalue weighted by Gasteiger charge is 2.15. The molecule has 0 aliphatic carbocycles. The highest BCUT2D eigenvalue weighted by Crippen LogP contribution is 2.05. The first-order valence-electron chi connectivity index (χ1n) is 5.24. The lowest BCUT2D eigenvalue weighted by Crippen LogP contribution is -2.41. The molecule has 0 aliphatic rings. The fraction of sp³-hybridized carbons (Fsp3) is 0.800. The SMILES string of the molecule is CN=C(NC)NCCNC(=O)OC(C)(C)C.I. The fourth-order valence-electron chi connectivity index (χ4n) is 0.939. The first-order valence-corrected chi connectivity index (χ1v) is 5.24. The van der Waals surface area contributed by atoms with E-state index < -0.39 is 11.7 Å². The molecule has 0 aromatic heterocycles. The van der Waals surface area contributed by atoms with Crippen LogP contribution in [0.1, 0.15) is 20.8 Å². The molecule has 0 radical (unpaired) electrons. The molecule has 0 aliphatic heterocycles. The van der Waals surface area contributed by atoms with Gasteiger partial charge < -0.3 is 20.7 Å². The van der Waals surface area contributed by atoms with Crippen molar-refractivity contribution < 1.29 is 9.53 Å². The maximum Gasteiger partial charge on any atom is 0.407 e. The minimum Gasteiger partial charge on any atom is -0.444 e. The number of nitrogens with zero attached hydrogens (tertiary/aromatic N) is 1. The van der Waals surface area contributed by atoms with Gasteiger partial charge in [-0.2, -0.15) is 0 Å². The van der Waals surface area contributed by atoms with Crippen LogP contribution in [0.25, 0.3) is 0 Å². The molecule has 0 rings (SSSR count). The normalized spacial score (nSPS) is 11.2. The smallest absolute Gasteiger partial charge is 0.407 e. The number of hydrogen-bond acceptors (Lipinski definition) is 3. The molecule has 0 fully saturated rings. The zero-order valence-corrected chi connectivity index (χ0v) is 13.4. The van der Waals surface area contributed by atoms with Gasteiger partial charge in [-0.25, -0.2) is 4.79 Å². The van der Waals surface area contributed by atoms with Gasteiger partial charge in [0.2, 0.25) is 0 Å². The summed E-state index contributed by atoms with van der Waals surface area (Å²) in [4.78, 5) is 15.2. The number of ether oxygens (including phenoxy) is 1. The van der Waals surface area contributed by atoms with E-state index in [1.165, 1.54) is 0 Å². The Kier molecular flexibility index (Phi) is 10.2. The van der Waals surface area contributed by atoms with E-state index in [2.05, 4.69) is 20.9 Å². The summed E-state index contributed by atoms with van der Waals surface area (Å²) in [7, 11) is 3.46. The lowest BCUT2D eigenvalue weighted by molar-refractivity contribution is 0.0529. The zero-order valence-electron chi connectivity index (χ0n) is 11.1. The third kappa shape index (κ3) is 11.5. The summed E-state index contributed by atoms with van der Waals surface area (Å²) in [6.45, 7) is 6.55. The second-order valence-electron chi connectivity index (χ2n) is 4.18. The van der Waals surface area contributed by atoms with Gasteiger partial charge in [0.25, 0.3) is 0 Å². The van der Waals surface area contributed by atoms with Crippen LogP contribution < -0.4 is 16.0 Å². The van der Waals surface area contributed by atoms with E-state index in [0.717, 1.165) is 0 Å². The van der Waals surface area contributed by atoms with Gasteiger partial charge >= 0.3 is 6.09 Å². The Labute approximate surface area is 120 Å². The molecule has 0 aromatic carbocycles. The number of nitrogens with one attached hydrogen (secondary N) is 3. The Bertz CT molecular complexity index is 251. The molecule has 0 saturated heterocycles. The summed E-state index contributed by atoms with van der Waals surface area (Å²) < 4.78 is 5.07. The summed E-state index contributed by atoms with van der Waals surface area (Å²) in [6, 6.07) is 0. The van der Waals surface area contributed by atoms with Crippen LogP contribution in [0.15, 0.2) is 4.99 Å². The molecule has 0 bridgehead atoms. The molecular weight excluding hydrogens is 335 g/mol. The lowest BCUT2D eigenvalue weighted by atomic mass is 10.2. The highest BCUT2D eigenvalue weighted by atomic mass is 127. The maximum absolute atomic E-state index is 11.2. The second-order valence-corrected chi connectivity index (χ2v) is 4.18. The van der Waals surface area contributed by atoms with Crippen LogP contribution in [0.4, 0.5) is 4.79 Å². The van der Waals surface area contributed by atoms with Gasteiger partial charge in [-0.05, 0) is 20.8 Å². The summed E-state index contributed by atoms with van der Waals surface area (Å²) >= 11 is 0. The molecule has 7 heteroatoms. The fourth-order valence-corrected chi connectivity index (χ4v) is 0.939. The van der Waals surface area contributed by atoms with E-state index in [-0.39, 0.29) is 24.0 Å². The maximum atomic E-state index is 11.2. The van der Waals surface area contributed by atoms with Crippen LogP contribution in [0, 0.1) is 0 Å². The van der Waals surface area contributed by atoms with Gasteiger partial charge in [-0.3, -0.25) is 4.99 Å². The monoisotopic (exact) mass is 358 g/mol. The standard InChI is InChI=1S/C10H22N4O2.HI/c1-10(2,3)16-9(15)14-7-6-13-8(11-4)12-5;/h6-7H2,1-5H3,(H,14,15)(H2,11,12,13);1H. The molecule has 1 amide bonds. The number of guanidine groups is 1. The Morgan fingerprint density at radius 1 is 1.24 bits per heavy atom. The number of rotatable bonds is 3. The molecule has 0 spiro atoms. The van der Waals surface area contributed by atoms with E-state index >= 15 is 0 Å². The summed E-state index contributed by atoms with van der Waals surface area (Å²) in [5, 5.41) is 8.52. The van der Waals surface area contributed by atoms with Gasteiger partial charge in [0.1, 0.15) is 5.60 Å². The number of carbonyl (C=O) groups excluding carboxylic acids is 1. The van der Waals surface area contributed by atoms with Crippen molar-refractivity contribution in [3.05, 3.63) is 0 Å². The topological polar surface area (TPSA) is 74.8 Å². The van der Waals surface area contributed by atoms with Crippen molar-refractivity contribution in [1.82, 2.24) is 16.0 Å². The van der Waals surface area contributed by atoms with Crippen molar-refractivity contribution in [1.29, 1.82) is 0 Å². The molecular formula is C10H23IN4O2. The molecule has 6 nitrogen and oxygen atoms in total. The molecule has 3 N–H and O–H groups in total. The van der Waals surface area contributed by atoms with E-state index in [9.17, 15) is 4.79 Å². The third-order valence-corrected chi connectivity index (χ3v) is 1.55. The summed E-state index contributed by atoms with van der Waals surface area (Å²) in [6.07, 6.45) is -0.409. The molecule has 0 atom stereocenters. The highest BCUT2D eigenvalue weighted by molar-refractivity contribution is 14.0. The Morgan fingerprint density at radius 2 is 1.76 bits per heavy atom. The predicted molar refractivity (Wildman–Crippen MR) is 80.1 cm³/mol. The van der Waals surface area contributed by atoms with Gasteiger partial charge in [0.15, 0.2) is 5.96 Å². The van der Waals surface area contributed by atoms with Crippen LogP contribution >= 0.6 is 24.0 Å². The lowest BCUT2D eigenvalue weighted by Gasteiger charge is -2.19. The molecule has 0 heterocycles. The first-order chi connectivity index (χ1) is 7.39. The number of aliphatic imine (C=N–C) groups is 1. The van der Waals surface area contributed by atoms with Gasteiger partial charge in [-0.1, -0.05) is 0 Å². The van der Waals surface area contributed by atoms with Crippen LogP contribution in [-0.4, -0.2) is 44.8 Å². The van der Waals surface area contributed by atoms with Crippen LogP contribution in [-0.2, 0) is 4.74 Å². The number of halogens is 1. The van der Waals surface area contributed by atoms with Crippen molar-refractivity contribution >= 4 is 36.0 Å². The molecule has 17 heavy (non-hydrogen) atoms. The zero-order chi connectivity index (χ0) is 12.6. The largest absolute Gasteiger partial charge is 0.444 e. The predicted octanol–water partition coefficient (Wildman–Crippen LogP) is 0.924. The summed E-state index contributed by atoms with van der Waals surface area (Å²) in [5.74, 6) is 0.686. The first kappa shape index (κ1) is 18.6. The number of hydrogen-bond donors (Lipinski definition) is 3. The Morgan fingerprint density at radius 3 is 2.18 bits per heavy atom. The quantitative estimate of drug-likeness (QED) is 0.304.